The number of H-pyrrole nitrogens is 1. The van der Waals surface area contributed by atoms with Crippen molar-refractivity contribution in [2.45, 2.75) is 37.7 Å². The van der Waals surface area contributed by atoms with Crippen LogP contribution in [0.25, 0.3) is 21.9 Å². The Labute approximate surface area is 165 Å². The fourth-order valence-electron chi connectivity index (χ4n) is 3.18. The normalized spacial score (nSPS) is 11.5. The van der Waals surface area contributed by atoms with Crippen LogP contribution < -0.4 is 5.56 Å². The molecule has 0 atom stereocenters. The van der Waals surface area contributed by atoms with Gasteiger partial charge in [0.2, 0.25) is 0 Å². The van der Waals surface area contributed by atoms with Gasteiger partial charge in [-0.3, -0.25) is 4.79 Å². The summed E-state index contributed by atoms with van der Waals surface area (Å²) in [7, 11) is 0. The number of hydrogen-bond acceptors (Lipinski definition) is 4. The third-order valence-electron chi connectivity index (χ3n) is 4.45. The van der Waals surface area contributed by atoms with Gasteiger partial charge in [0, 0.05) is 11.6 Å². The molecule has 0 spiro atoms. The van der Waals surface area contributed by atoms with Crippen molar-refractivity contribution in [2.75, 3.05) is 0 Å². The Morgan fingerprint density at radius 2 is 2.07 bits per heavy atom. The summed E-state index contributed by atoms with van der Waals surface area (Å²) in [4.78, 5) is 24.7. The maximum Gasteiger partial charge on any atom is 0.258 e. The number of halogens is 1. The van der Waals surface area contributed by atoms with Gasteiger partial charge in [0.05, 0.1) is 27.7 Å². The summed E-state index contributed by atoms with van der Waals surface area (Å²) in [6.45, 7) is 4.98. The molecule has 0 aliphatic rings. The van der Waals surface area contributed by atoms with Crippen molar-refractivity contribution in [2.24, 2.45) is 0 Å². The van der Waals surface area contributed by atoms with Gasteiger partial charge in [0.15, 0.2) is 5.16 Å². The number of para-hydroxylation sites is 1. The summed E-state index contributed by atoms with van der Waals surface area (Å²) in [5, 5.41) is 2.20. The first kappa shape index (κ1) is 18.1. The number of aryl methyl sites for hydroxylation is 2. The van der Waals surface area contributed by atoms with Gasteiger partial charge in [0.1, 0.15) is 5.82 Å². The molecule has 2 aromatic heterocycles. The molecular formula is C20H19ClN4OS. The maximum atomic E-state index is 12.4. The van der Waals surface area contributed by atoms with E-state index in [1.165, 1.54) is 0 Å². The zero-order valence-electron chi connectivity index (χ0n) is 15.1. The lowest BCUT2D eigenvalue weighted by Crippen LogP contribution is -2.12. The van der Waals surface area contributed by atoms with Gasteiger partial charge in [-0.2, -0.15) is 0 Å². The molecule has 1 N–H and O–H groups in total. The molecule has 2 heterocycles. The lowest BCUT2D eigenvalue weighted by Gasteiger charge is -2.08. The Kier molecular flexibility index (Phi) is 4.93. The number of rotatable bonds is 5. The van der Waals surface area contributed by atoms with E-state index >= 15 is 0 Å². The molecule has 5 nitrogen and oxygen atoms in total. The van der Waals surface area contributed by atoms with Gasteiger partial charge in [-0.25, -0.2) is 9.97 Å². The number of aromatic amines is 1. The van der Waals surface area contributed by atoms with E-state index in [1.807, 2.05) is 37.3 Å². The smallest absolute Gasteiger partial charge is 0.258 e. The number of nitrogens with one attached hydrogen (secondary N) is 1. The van der Waals surface area contributed by atoms with Crippen LogP contribution in [-0.2, 0) is 12.3 Å². The number of aromatic nitrogens is 4. The SMILES string of the molecule is CCCn1c(SCc2nc3c(C)cccc3c(=O)[nH]2)nc2cc(Cl)ccc21. The third kappa shape index (κ3) is 3.47. The van der Waals surface area contributed by atoms with Gasteiger partial charge < -0.3 is 9.55 Å². The summed E-state index contributed by atoms with van der Waals surface area (Å²) in [6.07, 6.45) is 1.01. The van der Waals surface area contributed by atoms with Crippen LogP contribution in [0.5, 0.6) is 0 Å². The average Bonchev–Trinajstić information content (AvgIpc) is 2.98. The first-order valence-corrected chi connectivity index (χ1v) is 10.2. The van der Waals surface area contributed by atoms with Crippen LogP contribution in [0.3, 0.4) is 0 Å². The first-order chi connectivity index (χ1) is 13.1. The van der Waals surface area contributed by atoms with Gasteiger partial charge in [-0.1, -0.05) is 42.4 Å². The van der Waals surface area contributed by atoms with Crippen molar-refractivity contribution in [3.8, 4) is 0 Å². The Morgan fingerprint density at radius 3 is 2.89 bits per heavy atom. The summed E-state index contributed by atoms with van der Waals surface area (Å²) in [6, 6.07) is 11.4. The van der Waals surface area contributed by atoms with Gasteiger partial charge in [0.25, 0.3) is 5.56 Å². The molecule has 0 saturated heterocycles. The second-order valence-electron chi connectivity index (χ2n) is 6.45. The zero-order chi connectivity index (χ0) is 19.0. The number of imidazole rings is 1. The molecule has 2 aromatic carbocycles. The van der Waals surface area contributed by atoms with Crippen LogP contribution >= 0.6 is 23.4 Å². The van der Waals surface area contributed by atoms with Crippen molar-refractivity contribution >= 4 is 45.3 Å². The molecule has 0 aliphatic heterocycles. The predicted octanol–water partition coefficient (Wildman–Crippen LogP) is 4.94. The van der Waals surface area contributed by atoms with E-state index in [0.29, 0.717) is 22.0 Å². The summed E-state index contributed by atoms with van der Waals surface area (Å²) in [5.41, 5.74) is 3.60. The van der Waals surface area contributed by atoms with Crippen LogP contribution in [0.2, 0.25) is 5.02 Å². The number of thioether (sulfide) groups is 1. The largest absolute Gasteiger partial charge is 0.319 e. The standard InChI is InChI=1S/C20H19ClN4OS/c1-3-9-25-16-8-7-13(21)10-15(16)22-20(25)27-11-17-23-18-12(2)5-4-6-14(18)19(26)24-17/h4-8,10H,3,9,11H2,1-2H3,(H,23,24,26). The van der Waals surface area contributed by atoms with E-state index in [9.17, 15) is 4.79 Å². The van der Waals surface area contributed by atoms with Gasteiger partial charge in [-0.15, -0.1) is 0 Å². The number of nitrogens with zero attached hydrogens (tertiary/aromatic N) is 3. The minimum Gasteiger partial charge on any atom is -0.319 e. The first-order valence-electron chi connectivity index (χ1n) is 8.84. The maximum absolute atomic E-state index is 12.4. The second kappa shape index (κ2) is 7.37. The van der Waals surface area contributed by atoms with Crippen LogP contribution in [0.15, 0.2) is 46.3 Å². The summed E-state index contributed by atoms with van der Waals surface area (Å²) < 4.78 is 2.20. The summed E-state index contributed by atoms with van der Waals surface area (Å²) >= 11 is 7.68. The lowest BCUT2D eigenvalue weighted by molar-refractivity contribution is 0.638. The number of benzene rings is 2. The Bertz CT molecular complexity index is 1200. The number of hydrogen-bond donors (Lipinski definition) is 1. The molecule has 0 fully saturated rings. The molecule has 0 amide bonds. The molecule has 0 bridgehead atoms. The van der Waals surface area contributed by atoms with E-state index in [1.54, 1.807) is 17.8 Å². The topological polar surface area (TPSA) is 63.6 Å². The summed E-state index contributed by atoms with van der Waals surface area (Å²) in [5.74, 6) is 1.19. The fourth-order valence-corrected chi connectivity index (χ4v) is 4.26. The molecule has 4 aromatic rings. The van der Waals surface area contributed by atoms with Gasteiger partial charge in [-0.05, 0) is 43.2 Å². The van der Waals surface area contributed by atoms with Crippen molar-refractivity contribution in [3.05, 3.63) is 63.2 Å². The van der Waals surface area contributed by atoms with E-state index in [4.69, 9.17) is 16.6 Å². The van der Waals surface area contributed by atoms with Crippen molar-refractivity contribution in [3.63, 3.8) is 0 Å². The van der Waals surface area contributed by atoms with E-state index < -0.39 is 0 Å². The highest BCUT2D eigenvalue weighted by molar-refractivity contribution is 7.98. The zero-order valence-corrected chi connectivity index (χ0v) is 16.7. The van der Waals surface area contributed by atoms with E-state index in [-0.39, 0.29) is 5.56 Å². The third-order valence-corrected chi connectivity index (χ3v) is 5.67. The van der Waals surface area contributed by atoms with E-state index in [0.717, 1.165) is 40.2 Å². The van der Waals surface area contributed by atoms with E-state index in [2.05, 4.69) is 21.5 Å². The minimum atomic E-state index is -0.104. The highest BCUT2D eigenvalue weighted by Crippen LogP contribution is 2.28. The molecule has 0 saturated carbocycles. The fraction of sp³-hybridized carbons (Fsp3) is 0.250. The molecule has 27 heavy (non-hydrogen) atoms. The van der Waals surface area contributed by atoms with Crippen LogP contribution in [0.4, 0.5) is 0 Å². The van der Waals surface area contributed by atoms with Crippen LogP contribution in [0.1, 0.15) is 24.7 Å². The van der Waals surface area contributed by atoms with Gasteiger partial charge >= 0.3 is 0 Å². The Hall–Kier alpha value is -2.31. The minimum absolute atomic E-state index is 0.104. The average molecular weight is 399 g/mol. The molecule has 0 unspecified atom stereocenters. The molecular weight excluding hydrogens is 380 g/mol. The van der Waals surface area contributed by atoms with Crippen LogP contribution in [-0.4, -0.2) is 19.5 Å². The highest BCUT2D eigenvalue weighted by Gasteiger charge is 2.13. The Morgan fingerprint density at radius 1 is 1.22 bits per heavy atom. The number of fused-ring (bicyclic) bond motifs is 2. The molecule has 7 heteroatoms. The molecule has 138 valence electrons. The Balaban J connectivity index is 1.69. The van der Waals surface area contributed by atoms with Crippen molar-refractivity contribution in [1.29, 1.82) is 0 Å². The quantitative estimate of drug-likeness (QED) is 0.484. The second-order valence-corrected chi connectivity index (χ2v) is 7.83. The van der Waals surface area contributed by atoms with Crippen molar-refractivity contribution < 1.29 is 0 Å². The predicted molar refractivity (Wildman–Crippen MR) is 112 cm³/mol. The molecule has 0 aliphatic carbocycles. The molecule has 0 radical (unpaired) electrons. The lowest BCUT2D eigenvalue weighted by atomic mass is 10.1. The molecule has 4 rings (SSSR count). The highest BCUT2D eigenvalue weighted by atomic mass is 35.5. The monoisotopic (exact) mass is 398 g/mol. The van der Waals surface area contributed by atoms with Crippen LogP contribution in [0, 0.1) is 6.92 Å². The van der Waals surface area contributed by atoms with Crippen molar-refractivity contribution in [1.82, 2.24) is 19.5 Å².